The molecule has 2 nitrogen and oxygen atoms in total. The van der Waals surface area contributed by atoms with Crippen molar-refractivity contribution in [1.82, 2.24) is 0 Å². The predicted molar refractivity (Wildman–Crippen MR) is 68.5 cm³/mol. The SMILES string of the molecule is CCc1cc(Cl)cc(C(CC(=O)O)C2CC2)c1. The number of halogens is 1. The Morgan fingerprint density at radius 3 is 2.71 bits per heavy atom. The lowest BCUT2D eigenvalue weighted by Crippen LogP contribution is -2.08. The minimum Gasteiger partial charge on any atom is -0.481 e. The van der Waals surface area contributed by atoms with Crippen molar-refractivity contribution in [3.63, 3.8) is 0 Å². The highest BCUT2D eigenvalue weighted by Gasteiger charge is 2.33. The zero-order valence-electron chi connectivity index (χ0n) is 9.95. The lowest BCUT2D eigenvalue weighted by Gasteiger charge is -2.16. The standard InChI is InChI=1S/C14H17ClO2/c1-2-9-5-11(7-12(15)6-9)13(8-14(16)17)10-3-4-10/h5-7,10,13H,2-4,8H2,1H3,(H,16,17). The van der Waals surface area contributed by atoms with E-state index in [1.165, 1.54) is 5.56 Å². The molecule has 2 rings (SSSR count). The topological polar surface area (TPSA) is 37.3 Å². The second kappa shape index (κ2) is 5.09. The van der Waals surface area contributed by atoms with Crippen molar-refractivity contribution in [3.05, 3.63) is 34.3 Å². The first kappa shape index (κ1) is 12.4. The fourth-order valence-corrected chi connectivity index (χ4v) is 2.60. The van der Waals surface area contributed by atoms with E-state index in [1.54, 1.807) is 0 Å². The molecular formula is C14H17ClO2. The number of hydrogen-bond donors (Lipinski definition) is 1. The summed E-state index contributed by atoms with van der Waals surface area (Å²) in [6.45, 7) is 2.08. The van der Waals surface area contributed by atoms with Crippen molar-refractivity contribution >= 4 is 17.6 Å². The largest absolute Gasteiger partial charge is 0.481 e. The Bertz CT molecular complexity index is 424. The van der Waals surface area contributed by atoms with E-state index in [0.29, 0.717) is 5.92 Å². The summed E-state index contributed by atoms with van der Waals surface area (Å²) in [6.07, 6.45) is 3.43. The third-order valence-corrected chi connectivity index (χ3v) is 3.62. The molecule has 1 aliphatic carbocycles. The van der Waals surface area contributed by atoms with Gasteiger partial charge in [0.2, 0.25) is 0 Å². The number of hydrogen-bond acceptors (Lipinski definition) is 1. The number of carbonyl (C=O) groups is 1. The average molecular weight is 253 g/mol. The summed E-state index contributed by atoms with van der Waals surface area (Å²) in [6, 6.07) is 5.99. The van der Waals surface area contributed by atoms with Crippen LogP contribution in [-0.2, 0) is 11.2 Å². The minimum absolute atomic E-state index is 0.136. The van der Waals surface area contributed by atoms with Gasteiger partial charge in [0.05, 0.1) is 6.42 Å². The van der Waals surface area contributed by atoms with Gasteiger partial charge < -0.3 is 5.11 Å². The Morgan fingerprint density at radius 2 is 2.18 bits per heavy atom. The molecule has 1 aromatic carbocycles. The monoisotopic (exact) mass is 252 g/mol. The predicted octanol–water partition coefficient (Wildman–Crippen LogP) is 3.87. The van der Waals surface area contributed by atoms with Gasteiger partial charge in [-0.1, -0.05) is 24.6 Å². The molecule has 0 aromatic heterocycles. The molecule has 17 heavy (non-hydrogen) atoms. The minimum atomic E-state index is -0.722. The molecule has 0 radical (unpaired) electrons. The van der Waals surface area contributed by atoms with Crippen LogP contribution < -0.4 is 0 Å². The molecule has 1 N–H and O–H groups in total. The lowest BCUT2D eigenvalue weighted by atomic mass is 9.90. The Labute approximate surface area is 107 Å². The molecule has 1 unspecified atom stereocenters. The van der Waals surface area contributed by atoms with Crippen LogP contribution >= 0.6 is 11.6 Å². The van der Waals surface area contributed by atoms with E-state index in [4.69, 9.17) is 16.7 Å². The van der Waals surface area contributed by atoms with Gasteiger partial charge in [-0.05, 0) is 54.4 Å². The number of rotatable bonds is 5. The Balaban J connectivity index is 2.28. The zero-order chi connectivity index (χ0) is 12.4. The van der Waals surface area contributed by atoms with Gasteiger partial charge in [0.15, 0.2) is 0 Å². The van der Waals surface area contributed by atoms with Gasteiger partial charge in [0.1, 0.15) is 0 Å². The number of aryl methyl sites for hydroxylation is 1. The molecule has 1 saturated carbocycles. The van der Waals surface area contributed by atoms with Gasteiger partial charge in [-0.2, -0.15) is 0 Å². The molecule has 0 bridgehead atoms. The molecular weight excluding hydrogens is 236 g/mol. The molecule has 0 aliphatic heterocycles. The molecule has 0 saturated heterocycles. The van der Waals surface area contributed by atoms with E-state index in [9.17, 15) is 4.79 Å². The number of benzene rings is 1. The second-order valence-electron chi connectivity index (χ2n) is 4.79. The van der Waals surface area contributed by atoms with E-state index in [2.05, 4.69) is 13.0 Å². The normalized spacial score (nSPS) is 16.8. The van der Waals surface area contributed by atoms with Crippen molar-refractivity contribution < 1.29 is 9.90 Å². The number of aliphatic carboxylic acids is 1. The first-order valence-corrected chi connectivity index (χ1v) is 6.49. The molecule has 1 atom stereocenters. The van der Waals surface area contributed by atoms with Crippen molar-refractivity contribution in [1.29, 1.82) is 0 Å². The van der Waals surface area contributed by atoms with Gasteiger partial charge in [0, 0.05) is 5.02 Å². The summed E-state index contributed by atoms with van der Waals surface area (Å²) >= 11 is 6.09. The third-order valence-electron chi connectivity index (χ3n) is 3.40. The third kappa shape index (κ3) is 3.22. The molecule has 1 aliphatic rings. The fourth-order valence-electron chi connectivity index (χ4n) is 2.34. The van der Waals surface area contributed by atoms with Crippen LogP contribution in [0, 0.1) is 5.92 Å². The average Bonchev–Trinajstić information content (AvgIpc) is 3.08. The summed E-state index contributed by atoms with van der Waals surface area (Å²) < 4.78 is 0. The van der Waals surface area contributed by atoms with Crippen LogP contribution in [0.25, 0.3) is 0 Å². The molecule has 0 amide bonds. The summed E-state index contributed by atoms with van der Waals surface area (Å²) in [7, 11) is 0. The van der Waals surface area contributed by atoms with Gasteiger partial charge in [0.25, 0.3) is 0 Å². The zero-order valence-corrected chi connectivity index (χ0v) is 10.7. The Kier molecular flexibility index (Phi) is 3.72. The smallest absolute Gasteiger partial charge is 0.303 e. The van der Waals surface area contributed by atoms with E-state index >= 15 is 0 Å². The molecule has 1 fully saturated rings. The second-order valence-corrected chi connectivity index (χ2v) is 5.22. The van der Waals surface area contributed by atoms with Crippen LogP contribution in [0.1, 0.15) is 43.2 Å². The van der Waals surface area contributed by atoms with E-state index in [1.807, 2.05) is 12.1 Å². The fraction of sp³-hybridized carbons (Fsp3) is 0.500. The van der Waals surface area contributed by atoms with E-state index in [-0.39, 0.29) is 12.3 Å². The molecule has 1 aromatic rings. The van der Waals surface area contributed by atoms with Crippen LogP contribution in [-0.4, -0.2) is 11.1 Å². The maximum atomic E-state index is 10.9. The molecule has 0 spiro atoms. The highest BCUT2D eigenvalue weighted by molar-refractivity contribution is 6.30. The highest BCUT2D eigenvalue weighted by atomic mass is 35.5. The van der Waals surface area contributed by atoms with Crippen molar-refractivity contribution in [2.45, 2.75) is 38.5 Å². The van der Waals surface area contributed by atoms with Crippen LogP contribution in [0.4, 0.5) is 0 Å². The summed E-state index contributed by atoms with van der Waals surface area (Å²) in [5, 5.41) is 9.70. The number of carboxylic acids is 1. The van der Waals surface area contributed by atoms with Gasteiger partial charge >= 0.3 is 5.97 Å². The van der Waals surface area contributed by atoms with Crippen LogP contribution in [0.15, 0.2) is 18.2 Å². The number of carboxylic acid groups (broad SMARTS) is 1. The van der Waals surface area contributed by atoms with Crippen LogP contribution in [0.3, 0.4) is 0 Å². The first-order valence-electron chi connectivity index (χ1n) is 6.11. The van der Waals surface area contributed by atoms with Gasteiger partial charge in [-0.25, -0.2) is 0 Å². The van der Waals surface area contributed by atoms with Gasteiger partial charge in [-0.15, -0.1) is 0 Å². The van der Waals surface area contributed by atoms with Crippen LogP contribution in [0.5, 0.6) is 0 Å². The van der Waals surface area contributed by atoms with Crippen LogP contribution in [0.2, 0.25) is 5.02 Å². The van der Waals surface area contributed by atoms with Crippen molar-refractivity contribution in [3.8, 4) is 0 Å². The van der Waals surface area contributed by atoms with E-state index in [0.717, 1.165) is 29.8 Å². The Hall–Kier alpha value is -1.02. The quantitative estimate of drug-likeness (QED) is 0.864. The summed E-state index contributed by atoms with van der Waals surface area (Å²) in [5.41, 5.74) is 2.28. The maximum Gasteiger partial charge on any atom is 0.303 e. The molecule has 3 heteroatoms. The molecule has 92 valence electrons. The summed E-state index contributed by atoms with van der Waals surface area (Å²) in [4.78, 5) is 10.9. The highest BCUT2D eigenvalue weighted by Crippen LogP contribution is 2.45. The Morgan fingerprint density at radius 1 is 1.47 bits per heavy atom. The summed E-state index contributed by atoms with van der Waals surface area (Å²) in [5.74, 6) is -0.0503. The molecule has 0 heterocycles. The van der Waals surface area contributed by atoms with Gasteiger partial charge in [-0.3, -0.25) is 4.79 Å². The first-order chi connectivity index (χ1) is 8.10. The van der Waals surface area contributed by atoms with Crippen molar-refractivity contribution in [2.24, 2.45) is 5.92 Å². The maximum absolute atomic E-state index is 10.9. The van der Waals surface area contributed by atoms with E-state index < -0.39 is 5.97 Å². The lowest BCUT2D eigenvalue weighted by molar-refractivity contribution is -0.137. The van der Waals surface area contributed by atoms with Crippen molar-refractivity contribution in [2.75, 3.05) is 0 Å².